The number of benzene rings is 1. The van der Waals surface area contributed by atoms with Gasteiger partial charge in [0, 0.05) is 38.3 Å². The average molecular weight is 329 g/mol. The molecule has 2 heterocycles. The average Bonchev–Trinajstić information content (AvgIpc) is 2.71. The van der Waals surface area contributed by atoms with Crippen molar-refractivity contribution in [3.8, 4) is 0 Å². The summed E-state index contributed by atoms with van der Waals surface area (Å²) < 4.78 is 11.0. The van der Waals surface area contributed by atoms with Crippen molar-refractivity contribution in [3.63, 3.8) is 0 Å². The first-order valence-corrected chi connectivity index (χ1v) is 8.36. The minimum atomic E-state index is -0.322. The Hall–Kier alpha value is -2.14. The Labute approximate surface area is 142 Å². The lowest BCUT2D eigenvalue weighted by Crippen LogP contribution is -2.45. The number of esters is 2. The number of carbonyl (C=O) groups is 2. The van der Waals surface area contributed by atoms with Crippen LogP contribution in [0.4, 0.5) is 0 Å². The van der Waals surface area contributed by atoms with Crippen molar-refractivity contribution in [2.24, 2.45) is 0 Å². The molecule has 2 bridgehead atoms. The first-order chi connectivity index (χ1) is 11.5. The van der Waals surface area contributed by atoms with Gasteiger partial charge >= 0.3 is 11.9 Å². The van der Waals surface area contributed by atoms with Gasteiger partial charge in [0.1, 0.15) is 12.2 Å². The van der Waals surface area contributed by atoms with E-state index in [1.165, 1.54) is 13.0 Å². The van der Waals surface area contributed by atoms with Gasteiger partial charge in [0.15, 0.2) is 0 Å². The minimum Gasteiger partial charge on any atom is -0.461 e. The van der Waals surface area contributed by atoms with E-state index in [1.807, 2.05) is 37.4 Å². The van der Waals surface area contributed by atoms with Gasteiger partial charge in [-0.2, -0.15) is 0 Å². The van der Waals surface area contributed by atoms with Crippen LogP contribution in [-0.2, 0) is 19.1 Å². The molecule has 0 N–H and O–H groups in total. The first-order valence-electron chi connectivity index (χ1n) is 8.36. The molecule has 0 spiro atoms. The fraction of sp³-hybridized carbons (Fsp3) is 0.474. The highest BCUT2D eigenvalue weighted by Gasteiger charge is 2.47. The van der Waals surface area contributed by atoms with E-state index >= 15 is 0 Å². The number of hydrogen-bond acceptors (Lipinski definition) is 5. The summed E-state index contributed by atoms with van der Waals surface area (Å²) in [5.74, 6) is -0.572. The van der Waals surface area contributed by atoms with E-state index in [1.54, 1.807) is 6.08 Å². The van der Waals surface area contributed by atoms with Crippen LogP contribution in [0.1, 0.15) is 31.7 Å². The molecule has 0 aromatic heterocycles. The number of likely N-dealkylation sites (N-methyl/N-ethyl adjacent to an activating group) is 1. The molecule has 0 saturated carbocycles. The van der Waals surface area contributed by atoms with E-state index in [4.69, 9.17) is 9.47 Å². The monoisotopic (exact) mass is 329 g/mol. The SMILES string of the molecule is CC(=O)O[C@H]1C[C@@H]2C[C@H](OC(=O)/C=C\c3ccccc3)C[C@H]1N2C. The largest absolute Gasteiger partial charge is 0.461 e. The second kappa shape index (κ2) is 7.18. The number of hydrogen-bond donors (Lipinski definition) is 0. The molecule has 2 fully saturated rings. The fourth-order valence-electron chi connectivity index (χ4n) is 3.74. The molecule has 5 nitrogen and oxygen atoms in total. The van der Waals surface area contributed by atoms with E-state index in [0.29, 0.717) is 12.5 Å². The summed E-state index contributed by atoms with van der Waals surface area (Å²) in [6, 6.07) is 10.1. The number of carbonyl (C=O) groups excluding carboxylic acids is 2. The minimum absolute atomic E-state index is 0.0962. The Morgan fingerprint density at radius 1 is 1.12 bits per heavy atom. The zero-order valence-corrected chi connectivity index (χ0v) is 14.1. The Morgan fingerprint density at radius 2 is 1.88 bits per heavy atom. The maximum atomic E-state index is 12.1. The van der Waals surface area contributed by atoms with Crippen LogP contribution in [0.2, 0.25) is 0 Å². The van der Waals surface area contributed by atoms with Crippen molar-refractivity contribution >= 4 is 18.0 Å². The smallest absolute Gasteiger partial charge is 0.331 e. The lowest BCUT2D eigenvalue weighted by molar-refractivity contribution is -0.151. The van der Waals surface area contributed by atoms with Gasteiger partial charge in [-0.3, -0.25) is 9.69 Å². The summed E-state index contributed by atoms with van der Waals surface area (Å²) >= 11 is 0. The van der Waals surface area contributed by atoms with Crippen LogP contribution < -0.4 is 0 Å². The Balaban J connectivity index is 1.56. The van der Waals surface area contributed by atoms with Crippen LogP contribution in [-0.4, -0.2) is 48.2 Å². The van der Waals surface area contributed by atoms with Crippen LogP contribution in [0.3, 0.4) is 0 Å². The van der Waals surface area contributed by atoms with Crippen molar-refractivity contribution in [1.82, 2.24) is 4.90 Å². The number of fused-ring (bicyclic) bond motifs is 2. The van der Waals surface area contributed by atoms with Gasteiger partial charge in [0.2, 0.25) is 0 Å². The fourth-order valence-corrected chi connectivity index (χ4v) is 3.74. The summed E-state index contributed by atoms with van der Waals surface area (Å²) in [4.78, 5) is 25.5. The first kappa shape index (κ1) is 16.7. The summed E-state index contributed by atoms with van der Waals surface area (Å²) in [6.45, 7) is 1.44. The summed E-state index contributed by atoms with van der Waals surface area (Å²) in [6.07, 6.45) is 5.32. The molecule has 1 aromatic carbocycles. The molecule has 1 aromatic rings. The molecule has 5 heteroatoms. The standard InChI is InChI=1S/C19H23NO4/c1-13(21)23-18-11-15-10-16(12-17(18)20(15)2)24-19(22)9-8-14-6-4-3-5-7-14/h3-9,15-18H,10-12H2,1-2H3/b9-8-/t15-,16-,17+,18-/m0/s1. The molecule has 0 amide bonds. The lowest BCUT2D eigenvalue weighted by atomic mass is 10.0. The van der Waals surface area contributed by atoms with E-state index in [-0.39, 0.29) is 30.2 Å². The number of nitrogens with zero attached hydrogens (tertiary/aromatic N) is 1. The van der Waals surface area contributed by atoms with Crippen LogP contribution in [0.5, 0.6) is 0 Å². The van der Waals surface area contributed by atoms with Gasteiger partial charge in [-0.05, 0) is 18.7 Å². The number of rotatable bonds is 4. The summed E-state index contributed by atoms with van der Waals surface area (Å²) in [7, 11) is 2.05. The van der Waals surface area contributed by atoms with Crippen molar-refractivity contribution in [1.29, 1.82) is 0 Å². The molecule has 2 saturated heterocycles. The molecular formula is C19H23NO4. The van der Waals surface area contributed by atoms with Crippen LogP contribution in [0.15, 0.2) is 36.4 Å². The van der Waals surface area contributed by atoms with E-state index in [0.717, 1.165) is 18.4 Å². The van der Waals surface area contributed by atoms with Crippen molar-refractivity contribution < 1.29 is 19.1 Å². The lowest BCUT2D eigenvalue weighted by Gasteiger charge is -2.36. The molecule has 0 radical (unpaired) electrons. The van der Waals surface area contributed by atoms with Gasteiger partial charge in [-0.1, -0.05) is 30.3 Å². The quantitative estimate of drug-likeness (QED) is 0.627. The van der Waals surface area contributed by atoms with Gasteiger partial charge in [0.05, 0.1) is 6.04 Å². The highest BCUT2D eigenvalue weighted by atomic mass is 16.6. The third-order valence-corrected chi connectivity index (χ3v) is 4.88. The molecule has 0 aliphatic carbocycles. The molecule has 3 rings (SSSR count). The van der Waals surface area contributed by atoms with Gasteiger partial charge in [0.25, 0.3) is 0 Å². The zero-order chi connectivity index (χ0) is 17.1. The van der Waals surface area contributed by atoms with Crippen LogP contribution in [0.25, 0.3) is 6.08 Å². The van der Waals surface area contributed by atoms with Crippen LogP contribution in [0, 0.1) is 0 Å². The third kappa shape index (κ3) is 3.85. The summed E-state index contributed by atoms with van der Waals surface area (Å²) in [5, 5.41) is 0. The molecule has 2 aliphatic rings. The normalized spacial score (nSPS) is 29.6. The second-order valence-electron chi connectivity index (χ2n) is 6.54. The summed E-state index contributed by atoms with van der Waals surface area (Å²) in [5.41, 5.74) is 0.966. The molecule has 128 valence electrons. The molecular weight excluding hydrogens is 306 g/mol. The van der Waals surface area contributed by atoms with Gasteiger partial charge in [-0.25, -0.2) is 4.79 Å². The highest BCUT2D eigenvalue weighted by Crippen LogP contribution is 2.37. The second-order valence-corrected chi connectivity index (χ2v) is 6.54. The predicted molar refractivity (Wildman–Crippen MR) is 90.1 cm³/mol. The maximum Gasteiger partial charge on any atom is 0.331 e. The number of piperidine rings is 1. The third-order valence-electron chi connectivity index (χ3n) is 4.88. The maximum absolute atomic E-state index is 12.1. The molecule has 0 unspecified atom stereocenters. The molecule has 2 aliphatic heterocycles. The van der Waals surface area contributed by atoms with Crippen molar-refractivity contribution in [3.05, 3.63) is 42.0 Å². The van der Waals surface area contributed by atoms with E-state index < -0.39 is 0 Å². The van der Waals surface area contributed by atoms with E-state index in [9.17, 15) is 9.59 Å². The van der Waals surface area contributed by atoms with Gasteiger partial charge in [-0.15, -0.1) is 0 Å². The predicted octanol–water partition coefficient (Wildman–Crippen LogP) is 2.41. The van der Waals surface area contributed by atoms with E-state index in [2.05, 4.69) is 4.90 Å². The Bertz CT molecular complexity index is 628. The molecule has 4 atom stereocenters. The van der Waals surface area contributed by atoms with Crippen molar-refractivity contribution in [2.75, 3.05) is 7.05 Å². The zero-order valence-electron chi connectivity index (χ0n) is 14.1. The number of ether oxygens (including phenoxy) is 2. The topological polar surface area (TPSA) is 55.8 Å². The van der Waals surface area contributed by atoms with Crippen molar-refractivity contribution in [2.45, 2.75) is 50.5 Å². The molecule has 24 heavy (non-hydrogen) atoms. The van der Waals surface area contributed by atoms with Crippen LogP contribution >= 0.6 is 0 Å². The Morgan fingerprint density at radius 3 is 2.58 bits per heavy atom. The van der Waals surface area contributed by atoms with Gasteiger partial charge < -0.3 is 9.47 Å². The highest BCUT2D eigenvalue weighted by molar-refractivity contribution is 5.87. The Kier molecular flexibility index (Phi) is 5.00.